The van der Waals surface area contributed by atoms with Crippen LogP contribution in [0.4, 0.5) is 0 Å². The van der Waals surface area contributed by atoms with E-state index in [0.717, 1.165) is 25.9 Å². The first kappa shape index (κ1) is 54.8. The molecule has 6 nitrogen and oxygen atoms in total. The van der Waals surface area contributed by atoms with Gasteiger partial charge in [0.2, 0.25) is 0 Å². The molecular weight excluding hydrogens is 679 g/mol. The monoisotopic (exact) mass is 767 g/mol. The molecule has 0 saturated carbocycles. The highest BCUT2D eigenvalue weighted by Gasteiger charge is 2.22. The molecule has 0 aromatic rings. The molecule has 308 valence electrons. The molecule has 0 N–H and O–H groups in total. The minimum atomic E-state index is -0.160. The van der Waals surface area contributed by atoms with Crippen LogP contribution in [0.2, 0.25) is 0 Å². The second kappa shape index (κ2) is 39.1. The Morgan fingerprint density at radius 3 is 0.804 bits per heavy atom. The van der Waals surface area contributed by atoms with Crippen molar-refractivity contribution in [1.29, 1.82) is 0 Å². The van der Waals surface area contributed by atoms with Crippen molar-refractivity contribution in [3.05, 3.63) is 0 Å². The molecule has 0 fully saturated rings. The summed E-state index contributed by atoms with van der Waals surface area (Å²) in [6.45, 7) is 7.96. The molecule has 0 aliphatic carbocycles. The molecule has 0 saturated heterocycles. The van der Waals surface area contributed by atoms with E-state index in [1.807, 2.05) is 0 Å². The molecule has 0 aromatic carbocycles. The first-order valence-corrected chi connectivity index (χ1v) is 21.6. The van der Waals surface area contributed by atoms with E-state index in [0.29, 0.717) is 41.7 Å². The summed E-state index contributed by atoms with van der Waals surface area (Å²) < 4.78 is 12.3. The average Bonchev–Trinajstić information content (AvgIpc) is 3.04. The zero-order valence-electron chi connectivity index (χ0n) is 35.0. The smallest absolute Gasteiger partial charge is 0.361 e. The first-order chi connectivity index (χ1) is 23.6. The number of carbonyl (C=O) groups excluding carboxylic acids is 2. The standard InChI is InChI=1S/C43H88N2O4.2ClH/c1-7-9-11-13-15-17-19-21-23-25-27-29-31-33-36-44(3,4)40-42(46)48-38-35-39-49-43(47)41-45(5,6)37-34-32-30-28-26-24-22-20-18-16-14-12-10-8-2;;/h7-41H2,1-6H3;2*1H/q+2;;/p-2. The van der Waals surface area contributed by atoms with Gasteiger partial charge in [0.05, 0.1) is 54.5 Å². The summed E-state index contributed by atoms with van der Waals surface area (Å²) in [5.74, 6) is -0.319. The van der Waals surface area contributed by atoms with Crippen LogP contribution in [0, 0.1) is 0 Å². The van der Waals surface area contributed by atoms with Gasteiger partial charge in [-0.3, -0.25) is 0 Å². The van der Waals surface area contributed by atoms with Crippen LogP contribution in [0.5, 0.6) is 0 Å². The molecule has 0 bridgehead atoms. The Balaban J connectivity index is -0.0000115. The van der Waals surface area contributed by atoms with Crippen molar-refractivity contribution >= 4 is 11.9 Å². The van der Waals surface area contributed by atoms with Gasteiger partial charge in [-0.05, 0) is 25.7 Å². The van der Waals surface area contributed by atoms with Gasteiger partial charge in [0, 0.05) is 6.42 Å². The predicted octanol–water partition coefficient (Wildman–Crippen LogP) is 5.59. The number of carbonyl (C=O) groups is 2. The highest BCUT2D eigenvalue weighted by atomic mass is 35.5. The number of esters is 2. The zero-order valence-corrected chi connectivity index (χ0v) is 36.5. The van der Waals surface area contributed by atoms with Crippen molar-refractivity contribution in [3.8, 4) is 0 Å². The summed E-state index contributed by atoms with van der Waals surface area (Å²) >= 11 is 0. The van der Waals surface area contributed by atoms with Crippen molar-refractivity contribution in [2.24, 2.45) is 0 Å². The summed E-state index contributed by atoms with van der Waals surface area (Å²) in [5.41, 5.74) is 0. The number of unbranched alkanes of at least 4 members (excludes halogenated alkanes) is 26. The molecule has 0 aromatic heterocycles. The van der Waals surface area contributed by atoms with Gasteiger partial charge in [-0.15, -0.1) is 0 Å². The molecular formula is C43H88Cl2N2O4. The summed E-state index contributed by atoms with van der Waals surface area (Å²) in [7, 11) is 8.46. The molecule has 0 unspecified atom stereocenters. The van der Waals surface area contributed by atoms with Gasteiger partial charge in [0.25, 0.3) is 0 Å². The van der Waals surface area contributed by atoms with Crippen LogP contribution in [0.3, 0.4) is 0 Å². The maximum absolute atomic E-state index is 12.4. The molecule has 51 heavy (non-hydrogen) atoms. The summed E-state index contributed by atoms with van der Waals surface area (Å²) in [6.07, 6.45) is 38.6. The number of rotatable bonds is 38. The lowest BCUT2D eigenvalue weighted by atomic mass is 10.0. The molecule has 0 aliphatic heterocycles. The number of hydrogen-bond acceptors (Lipinski definition) is 4. The molecule has 0 heterocycles. The average molecular weight is 768 g/mol. The number of likely N-dealkylation sites (N-methyl/N-ethyl adjacent to an activating group) is 2. The van der Waals surface area contributed by atoms with Crippen molar-refractivity contribution in [2.45, 2.75) is 200 Å². The van der Waals surface area contributed by atoms with Gasteiger partial charge in [-0.1, -0.05) is 168 Å². The van der Waals surface area contributed by atoms with E-state index in [1.165, 1.54) is 167 Å². The molecule has 0 rings (SSSR count). The largest absolute Gasteiger partial charge is 1.00 e. The van der Waals surface area contributed by atoms with E-state index < -0.39 is 0 Å². The van der Waals surface area contributed by atoms with E-state index in [4.69, 9.17) is 9.47 Å². The SMILES string of the molecule is CCCCCCCCCCCCCCCC[N+](C)(C)CC(=O)OCCCOC(=O)C[N+](C)(C)CCCCCCCCCCCCCCCC.[Cl-].[Cl-]. The van der Waals surface area contributed by atoms with E-state index in [-0.39, 0.29) is 36.8 Å². The first-order valence-electron chi connectivity index (χ1n) is 21.6. The summed E-state index contributed by atoms with van der Waals surface area (Å²) in [6, 6.07) is 0. The van der Waals surface area contributed by atoms with Crippen LogP contribution in [-0.4, -0.2) is 88.5 Å². The Hall–Kier alpha value is -0.560. The van der Waals surface area contributed by atoms with Crippen molar-refractivity contribution in [1.82, 2.24) is 0 Å². The number of halogens is 2. The van der Waals surface area contributed by atoms with Gasteiger partial charge in [-0.2, -0.15) is 0 Å². The topological polar surface area (TPSA) is 52.6 Å². The highest BCUT2D eigenvalue weighted by molar-refractivity contribution is 5.71. The lowest BCUT2D eigenvalue weighted by Crippen LogP contribution is -3.00. The van der Waals surface area contributed by atoms with Gasteiger partial charge in [0.15, 0.2) is 13.1 Å². The number of ether oxygens (including phenoxy) is 2. The van der Waals surface area contributed by atoms with Crippen molar-refractivity contribution in [2.75, 3.05) is 67.6 Å². The molecule has 0 aliphatic rings. The fraction of sp³-hybridized carbons (Fsp3) is 0.953. The Morgan fingerprint density at radius 2 is 0.569 bits per heavy atom. The van der Waals surface area contributed by atoms with E-state index in [1.54, 1.807) is 0 Å². The minimum Gasteiger partial charge on any atom is -1.00 e. The van der Waals surface area contributed by atoms with Crippen molar-refractivity contribution < 1.29 is 52.8 Å². The van der Waals surface area contributed by atoms with E-state index >= 15 is 0 Å². The minimum absolute atomic E-state index is 0. The van der Waals surface area contributed by atoms with Crippen LogP contribution in [0.15, 0.2) is 0 Å². The number of quaternary nitrogens is 2. The molecule has 0 spiro atoms. The van der Waals surface area contributed by atoms with Crippen LogP contribution in [-0.2, 0) is 19.1 Å². The second-order valence-electron chi connectivity index (χ2n) is 16.6. The van der Waals surface area contributed by atoms with E-state index in [2.05, 4.69) is 42.0 Å². The Bertz CT molecular complexity index is 692. The normalized spacial score (nSPS) is 11.6. The third-order valence-electron chi connectivity index (χ3n) is 10.2. The molecule has 0 atom stereocenters. The maximum Gasteiger partial charge on any atom is 0.361 e. The maximum atomic E-state index is 12.4. The third-order valence-corrected chi connectivity index (χ3v) is 10.2. The fourth-order valence-corrected chi connectivity index (χ4v) is 6.85. The van der Waals surface area contributed by atoms with Crippen LogP contribution in [0.1, 0.15) is 200 Å². The van der Waals surface area contributed by atoms with Crippen LogP contribution >= 0.6 is 0 Å². The molecule has 0 amide bonds. The van der Waals surface area contributed by atoms with Crippen molar-refractivity contribution in [3.63, 3.8) is 0 Å². The molecule has 0 radical (unpaired) electrons. The predicted molar refractivity (Wildman–Crippen MR) is 211 cm³/mol. The zero-order chi connectivity index (χ0) is 36.3. The summed E-state index contributed by atoms with van der Waals surface area (Å²) in [4.78, 5) is 24.8. The number of hydrogen-bond donors (Lipinski definition) is 0. The fourth-order valence-electron chi connectivity index (χ4n) is 6.85. The summed E-state index contributed by atoms with van der Waals surface area (Å²) in [5, 5.41) is 0. The van der Waals surface area contributed by atoms with Gasteiger partial charge >= 0.3 is 11.9 Å². The van der Waals surface area contributed by atoms with Crippen LogP contribution < -0.4 is 24.8 Å². The van der Waals surface area contributed by atoms with Gasteiger partial charge in [-0.25, -0.2) is 9.59 Å². The third kappa shape index (κ3) is 42.0. The highest BCUT2D eigenvalue weighted by Crippen LogP contribution is 2.15. The quantitative estimate of drug-likeness (QED) is 0.0468. The van der Waals surface area contributed by atoms with Gasteiger partial charge < -0.3 is 43.3 Å². The lowest BCUT2D eigenvalue weighted by Gasteiger charge is -2.28. The number of nitrogens with zero attached hydrogens (tertiary/aromatic N) is 2. The Labute approximate surface area is 331 Å². The lowest BCUT2D eigenvalue weighted by molar-refractivity contribution is -0.883. The second-order valence-corrected chi connectivity index (χ2v) is 16.6. The van der Waals surface area contributed by atoms with E-state index in [9.17, 15) is 9.59 Å². The van der Waals surface area contributed by atoms with Crippen LogP contribution in [0.25, 0.3) is 0 Å². The Kier molecular flexibility index (Phi) is 42.0. The van der Waals surface area contributed by atoms with Gasteiger partial charge in [0.1, 0.15) is 0 Å². The Morgan fingerprint density at radius 1 is 0.353 bits per heavy atom. The molecule has 8 heteroatoms.